The quantitative estimate of drug-likeness (QED) is 0.760. The summed E-state index contributed by atoms with van der Waals surface area (Å²) in [7, 11) is 1.66. The van der Waals surface area contributed by atoms with E-state index in [0.717, 1.165) is 0 Å². The van der Waals surface area contributed by atoms with Crippen LogP contribution in [-0.4, -0.2) is 48.4 Å². The molecule has 0 aliphatic carbocycles. The topological polar surface area (TPSA) is 63.0 Å². The van der Waals surface area contributed by atoms with Gasteiger partial charge >= 0.3 is 0 Å². The van der Waals surface area contributed by atoms with E-state index in [2.05, 4.69) is 0 Å². The summed E-state index contributed by atoms with van der Waals surface area (Å²) in [6.07, 6.45) is 1.75. The summed E-state index contributed by atoms with van der Waals surface area (Å²) in [6, 6.07) is 9.70. The first-order chi connectivity index (χ1) is 12.5. The molecule has 2 aromatic rings. The lowest BCUT2D eigenvalue weighted by molar-refractivity contribution is -0.134. The van der Waals surface area contributed by atoms with Crippen molar-refractivity contribution in [2.75, 3.05) is 26.7 Å². The number of rotatable bonds is 7. The summed E-state index contributed by atoms with van der Waals surface area (Å²) in [5.74, 6) is -0.132. The highest BCUT2D eigenvalue weighted by Gasteiger charge is 2.35. The number of nitrogens with zero attached hydrogens (tertiary/aromatic N) is 2. The lowest BCUT2D eigenvalue weighted by Gasteiger charge is -2.21. The molecule has 0 saturated carbocycles. The van der Waals surface area contributed by atoms with Crippen LogP contribution in [-0.2, 0) is 16.1 Å². The van der Waals surface area contributed by atoms with E-state index in [0.29, 0.717) is 25.4 Å². The van der Waals surface area contributed by atoms with Crippen LogP contribution in [0.5, 0.6) is 5.75 Å². The zero-order valence-corrected chi connectivity index (χ0v) is 14.6. The van der Waals surface area contributed by atoms with Crippen molar-refractivity contribution in [2.24, 2.45) is 5.92 Å². The number of amides is 2. The van der Waals surface area contributed by atoms with Crippen LogP contribution < -0.4 is 4.74 Å². The first kappa shape index (κ1) is 18.0. The van der Waals surface area contributed by atoms with Gasteiger partial charge in [0.25, 0.3) is 0 Å². The number of likely N-dealkylation sites (tertiary alicyclic amines) is 1. The number of benzene rings is 1. The van der Waals surface area contributed by atoms with Gasteiger partial charge in [0.1, 0.15) is 12.4 Å². The van der Waals surface area contributed by atoms with Crippen molar-refractivity contribution in [3.8, 4) is 5.75 Å². The first-order valence-corrected chi connectivity index (χ1v) is 8.47. The van der Waals surface area contributed by atoms with Gasteiger partial charge in [-0.1, -0.05) is 12.1 Å². The number of ether oxygens (including phenoxy) is 1. The summed E-state index contributed by atoms with van der Waals surface area (Å²) in [6.45, 7) is 1.24. The molecule has 3 rings (SSSR count). The Balaban J connectivity index is 1.47. The van der Waals surface area contributed by atoms with Crippen LogP contribution in [0.15, 0.2) is 47.1 Å². The molecule has 1 fully saturated rings. The predicted molar refractivity (Wildman–Crippen MR) is 91.8 cm³/mol. The van der Waals surface area contributed by atoms with Crippen LogP contribution in [0.25, 0.3) is 0 Å². The summed E-state index contributed by atoms with van der Waals surface area (Å²) in [4.78, 5) is 27.8. The number of furan rings is 1. The summed E-state index contributed by atoms with van der Waals surface area (Å²) in [5, 5.41) is 0. The molecule has 6 nitrogen and oxygen atoms in total. The van der Waals surface area contributed by atoms with E-state index in [4.69, 9.17) is 9.15 Å². The molecule has 0 bridgehead atoms. The van der Waals surface area contributed by atoms with Gasteiger partial charge in [0, 0.05) is 20.0 Å². The maximum Gasteiger partial charge on any atom is 0.227 e. The van der Waals surface area contributed by atoms with E-state index in [1.165, 1.54) is 11.0 Å². The molecule has 2 amide bonds. The van der Waals surface area contributed by atoms with Crippen molar-refractivity contribution in [1.29, 1.82) is 0 Å². The molecule has 1 aliphatic heterocycles. The standard InChI is InChI=1S/C19H21FN2O4/c1-21(8-10-26-17-7-3-2-6-16(17)20)19(24)14-11-18(23)22(12-14)13-15-5-4-9-25-15/h2-7,9,14H,8,10-13H2,1H3. The Bertz CT molecular complexity index is 763. The number of likely N-dealkylation sites (N-methyl/N-ethyl adjacent to an activating group) is 1. The summed E-state index contributed by atoms with van der Waals surface area (Å²) < 4.78 is 24.1. The zero-order chi connectivity index (χ0) is 18.5. The van der Waals surface area contributed by atoms with Crippen LogP contribution in [0.3, 0.4) is 0 Å². The number of carbonyl (C=O) groups excluding carboxylic acids is 2. The fourth-order valence-corrected chi connectivity index (χ4v) is 2.96. The Kier molecular flexibility index (Phi) is 5.55. The molecule has 26 heavy (non-hydrogen) atoms. The minimum atomic E-state index is -0.434. The van der Waals surface area contributed by atoms with Gasteiger partial charge in [-0.2, -0.15) is 0 Å². The molecule has 0 N–H and O–H groups in total. The summed E-state index contributed by atoms with van der Waals surface area (Å²) >= 11 is 0. The predicted octanol–water partition coefficient (Wildman–Crippen LogP) is 2.30. The fourth-order valence-electron chi connectivity index (χ4n) is 2.96. The molecule has 138 valence electrons. The lowest BCUT2D eigenvalue weighted by atomic mass is 10.1. The third kappa shape index (κ3) is 4.22. The smallest absolute Gasteiger partial charge is 0.227 e. The van der Waals surface area contributed by atoms with Crippen molar-refractivity contribution >= 4 is 11.8 Å². The average Bonchev–Trinajstić information content (AvgIpc) is 3.26. The number of hydrogen-bond acceptors (Lipinski definition) is 4. The zero-order valence-electron chi connectivity index (χ0n) is 14.6. The van der Waals surface area contributed by atoms with Crippen molar-refractivity contribution in [2.45, 2.75) is 13.0 Å². The van der Waals surface area contributed by atoms with Crippen molar-refractivity contribution in [3.05, 3.63) is 54.2 Å². The number of carbonyl (C=O) groups is 2. The Morgan fingerprint density at radius 2 is 2.15 bits per heavy atom. The Hall–Kier alpha value is -2.83. The Morgan fingerprint density at radius 1 is 1.35 bits per heavy atom. The third-order valence-corrected chi connectivity index (χ3v) is 4.39. The van der Waals surface area contributed by atoms with E-state index in [1.54, 1.807) is 48.5 Å². The van der Waals surface area contributed by atoms with E-state index < -0.39 is 5.82 Å². The van der Waals surface area contributed by atoms with Gasteiger partial charge in [-0.05, 0) is 24.3 Å². The van der Waals surface area contributed by atoms with Crippen LogP contribution in [0.2, 0.25) is 0 Å². The average molecular weight is 360 g/mol. The molecule has 1 saturated heterocycles. The van der Waals surface area contributed by atoms with Crippen LogP contribution in [0.1, 0.15) is 12.2 Å². The van der Waals surface area contributed by atoms with E-state index >= 15 is 0 Å². The molecule has 1 aliphatic rings. The molecule has 1 unspecified atom stereocenters. The second kappa shape index (κ2) is 8.03. The highest BCUT2D eigenvalue weighted by molar-refractivity contribution is 5.89. The second-order valence-corrected chi connectivity index (χ2v) is 6.29. The molecule has 7 heteroatoms. The highest BCUT2D eigenvalue weighted by atomic mass is 19.1. The number of hydrogen-bond donors (Lipinski definition) is 0. The number of halogens is 1. The summed E-state index contributed by atoms with van der Waals surface area (Å²) in [5.41, 5.74) is 0. The lowest BCUT2D eigenvalue weighted by Crippen LogP contribution is -2.37. The van der Waals surface area contributed by atoms with Crippen molar-refractivity contribution in [3.63, 3.8) is 0 Å². The van der Waals surface area contributed by atoms with E-state index in [-0.39, 0.29) is 36.5 Å². The van der Waals surface area contributed by atoms with Gasteiger partial charge in [0.2, 0.25) is 11.8 Å². The monoisotopic (exact) mass is 360 g/mol. The normalized spacial score (nSPS) is 16.8. The number of para-hydroxylation sites is 1. The SMILES string of the molecule is CN(CCOc1ccccc1F)C(=O)C1CC(=O)N(Cc2ccco2)C1. The largest absolute Gasteiger partial charge is 0.489 e. The van der Waals surface area contributed by atoms with Crippen LogP contribution in [0.4, 0.5) is 4.39 Å². The maximum absolute atomic E-state index is 13.5. The molecule has 1 aromatic heterocycles. The third-order valence-electron chi connectivity index (χ3n) is 4.39. The Morgan fingerprint density at radius 3 is 2.88 bits per heavy atom. The Labute approximate surface area is 151 Å². The minimum Gasteiger partial charge on any atom is -0.489 e. The molecule has 1 aromatic carbocycles. The van der Waals surface area contributed by atoms with Crippen LogP contribution >= 0.6 is 0 Å². The molecule has 2 heterocycles. The maximum atomic E-state index is 13.5. The van der Waals surface area contributed by atoms with Gasteiger partial charge in [-0.3, -0.25) is 9.59 Å². The minimum absolute atomic E-state index is 0.0595. The van der Waals surface area contributed by atoms with Gasteiger partial charge < -0.3 is 19.0 Å². The van der Waals surface area contributed by atoms with Gasteiger partial charge in [-0.25, -0.2) is 4.39 Å². The molecular weight excluding hydrogens is 339 g/mol. The fraction of sp³-hybridized carbons (Fsp3) is 0.368. The molecule has 1 atom stereocenters. The van der Waals surface area contributed by atoms with Crippen molar-refractivity contribution in [1.82, 2.24) is 9.80 Å². The van der Waals surface area contributed by atoms with Gasteiger partial charge in [0.05, 0.1) is 25.3 Å². The highest BCUT2D eigenvalue weighted by Crippen LogP contribution is 2.22. The van der Waals surface area contributed by atoms with E-state index in [1.807, 2.05) is 0 Å². The van der Waals surface area contributed by atoms with Crippen molar-refractivity contribution < 1.29 is 23.1 Å². The second-order valence-electron chi connectivity index (χ2n) is 6.29. The molecular formula is C19H21FN2O4. The molecule has 0 radical (unpaired) electrons. The first-order valence-electron chi connectivity index (χ1n) is 8.47. The van der Waals surface area contributed by atoms with Gasteiger partial charge in [0.15, 0.2) is 11.6 Å². The van der Waals surface area contributed by atoms with Crippen LogP contribution in [0, 0.1) is 11.7 Å². The van der Waals surface area contributed by atoms with Gasteiger partial charge in [-0.15, -0.1) is 0 Å². The van der Waals surface area contributed by atoms with E-state index in [9.17, 15) is 14.0 Å². The molecule has 0 spiro atoms.